The van der Waals surface area contributed by atoms with Crippen molar-refractivity contribution < 1.29 is 5.11 Å². The predicted molar refractivity (Wildman–Crippen MR) is 77.0 cm³/mol. The highest BCUT2D eigenvalue weighted by molar-refractivity contribution is 4.95. The molecule has 1 atom stereocenters. The van der Waals surface area contributed by atoms with Gasteiger partial charge < -0.3 is 15.3 Å². The zero-order valence-electron chi connectivity index (χ0n) is 11.6. The minimum absolute atomic E-state index is 0.218. The number of nitrogens with one attached hydrogen (secondary N) is 1. The van der Waals surface area contributed by atoms with Crippen molar-refractivity contribution in [2.45, 2.75) is 58.0 Å². The first-order chi connectivity index (χ1) is 8.88. The Morgan fingerprint density at radius 1 is 1.22 bits per heavy atom. The lowest BCUT2D eigenvalue weighted by Crippen LogP contribution is -2.36. The van der Waals surface area contributed by atoms with E-state index < -0.39 is 0 Å². The van der Waals surface area contributed by atoms with Gasteiger partial charge >= 0.3 is 0 Å². The van der Waals surface area contributed by atoms with Gasteiger partial charge in [0.25, 0.3) is 0 Å². The molecule has 0 aromatic rings. The number of nitrogens with zero attached hydrogens (tertiary/aromatic N) is 1. The van der Waals surface area contributed by atoms with E-state index in [1.165, 1.54) is 32.1 Å². The van der Waals surface area contributed by atoms with Gasteiger partial charge in [-0.1, -0.05) is 38.3 Å². The molecule has 18 heavy (non-hydrogen) atoms. The van der Waals surface area contributed by atoms with Crippen molar-refractivity contribution in [3.63, 3.8) is 0 Å². The highest BCUT2D eigenvalue weighted by Gasteiger charge is 2.16. The lowest BCUT2D eigenvalue weighted by molar-refractivity contribution is 0.196. The quantitative estimate of drug-likeness (QED) is 0.463. The number of aliphatic hydroxyl groups is 1. The van der Waals surface area contributed by atoms with Crippen LogP contribution in [0.15, 0.2) is 24.6 Å². The average molecular weight is 252 g/mol. The van der Waals surface area contributed by atoms with E-state index >= 15 is 0 Å². The van der Waals surface area contributed by atoms with Crippen molar-refractivity contribution in [2.75, 3.05) is 13.2 Å². The molecule has 1 unspecified atom stereocenters. The second kappa shape index (κ2) is 10.0. The summed E-state index contributed by atoms with van der Waals surface area (Å²) < 4.78 is 0. The van der Waals surface area contributed by atoms with Crippen molar-refractivity contribution >= 4 is 0 Å². The molecule has 3 nitrogen and oxygen atoms in total. The van der Waals surface area contributed by atoms with Crippen molar-refractivity contribution in [2.24, 2.45) is 0 Å². The molecule has 0 aliphatic carbocycles. The van der Waals surface area contributed by atoms with E-state index in [4.69, 9.17) is 5.11 Å². The van der Waals surface area contributed by atoms with Crippen LogP contribution >= 0.6 is 0 Å². The highest BCUT2D eigenvalue weighted by Crippen LogP contribution is 2.11. The van der Waals surface area contributed by atoms with Crippen molar-refractivity contribution in [1.82, 2.24) is 10.2 Å². The van der Waals surface area contributed by atoms with Gasteiger partial charge in [0.05, 0.1) is 12.8 Å². The summed E-state index contributed by atoms with van der Waals surface area (Å²) in [5, 5.41) is 12.3. The molecule has 1 aliphatic heterocycles. The van der Waals surface area contributed by atoms with Crippen molar-refractivity contribution in [3.8, 4) is 0 Å². The van der Waals surface area contributed by atoms with E-state index in [1.807, 2.05) is 12.4 Å². The molecular weight excluding hydrogens is 224 g/mol. The van der Waals surface area contributed by atoms with E-state index in [-0.39, 0.29) is 6.61 Å². The zero-order valence-corrected chi connectivity index (χ0v) is 11.6. The minimum atomic E-state index is 0.218. The smallest absolute Gasteiger partial charge is 0.0985 e. The van der Waals surface area contributed by atoms with Gasteiger partial charge in [0, 0.05) is 18.9 Å². The summed E-state index contributed by atoms with van der Waals surface area (Å²) in [6, 6.07) is 0. The number of hydrogen-bond acceptors (Lipinski definition) is 3. The van der Waals surface area contributed by atoms with Crippen LogP contribution in [0.1, 0.15) is 51.9 Å². The fourth-order valence-electron chi connectivity index (χ4n) is 2.22. The molecule has 1 rings (SSSR count). The Kier molecular flexibility index (Phi) is 8.40. The summed E-state index contributed by atoms with van der Waals surface area (Å²) in [5.74, 6) is 0. The summed E-state index contributed by atoms with van der Waals surface area (Å²) in [7, 11) is 0. The fraction of sp³-hybridized carbons (Fsp3) is 0.733. The maximum Gasteiger partial charge on any atom is 0.0985 e. The van der Waals surface area contributed by atoms with Gasteiger partial charge in [0.2, 0.25) is 0 Å². The number of hydrogen-bond donors (Lipinski definition) is 2. The minimum Gasteiger partial charge on any atom is -0.395 e. The van der Waals surface area contributed by atoms with Crippen LogP contribution in [-0.2, 0) is 0 Å². The van der Waals surface area contributed by atoms with Crippen LogP contribution in [-0.4, -0.2) is 29.3 Å². The Labute approximate surface area is 112 Å². The normalized spacial score (nSPS) is 18.8. The Morgan fingerprint density at radius 2 is 2.06 bits per heavy atom. The first-order valence-electron chi connectivity index (χ1n) is 7.32. The summed E-state index contributed by atoms with van der Waals surface area (Å²) in [6.07, 6.45) is 17.7. The topological polar surface area (TPSA) is 35.5 Å². The fourth-order valence-corrected chi connectivity index (χ4v) is 2.22. The lowest BCUT2D eigenvalue weighted by Gasteiger charge is -2.24. The third-order valence-corrected chi connectivity index (χ3v) is 3.31. The van der Waals surface area contributed by atoms with Crippen LogP contribution in [0.5, 0.6) is 0 Å². The Morgan fingerprint density at radius 3 is 2.83 bits per heavy atom. The van der Waals surface area contributed by atoms with Gasteiger partial charge in [-0.2, -0.15) is 0 Å². The molecule has 0 aromatic carbocycles. The SMILES string of the molecule is CCCCCC/C=C/CCC1NC=CN1CCO. The average Bonchev–Trinajstić information content (AvgIpc) is 2.81. The van der Waals surface area contributed by atoms with Crippen LogP contribution in [0.3, 0.4) is 0 Å². The second-order valence-corrected chi connectivity index (χ2v) is 4.86. The van der Waals surface area contributed by atoms with Crippen molar-refractivity contribution in [3.05, 3.63) is 24.6 Å². The Hall–Kier alpha value is -0.960. The van der Waals surface area contributed by atoms with Crippen LogP contribution in [0, 0.1) is 0 Å². The maximum atomic E-state index is 8.94. The number of allylic oxidation sites excluding steroid dienone is 2. The van der Waals surface area contributed by atoms with E-state index in [0.29, 0.717) is 6.17 Å². The monoisotopic (exact) mass is 252 g/mol. The molecule has 0 saturated heterocycles. The van der Waals surface area contributed by atoms with Gasteiger partial charge in [0.1, 0.15) is 0 Å². The van der Waals surface area contributed by atoms with Crippen molar-refractivity contribution in [1.29, 1.82) is 0 Å². The molecule has 0 spiro atoms. The molecule has 0 fully saturated rings. The maximum absolute atomic E-state index is 8.94. The van der Waals surface area contributed by atoms with E-state index in [1.54, 1.807) is 0 Å². The summed E-state index contributed by atoms with van der Waals surface area (Å²) in [5.41, 5.74) is 0. The molecular formula is C15H28N2O. The van der Waals surface area contributed by atoms with Gasteiger partial charge in [-0.05, 0) is 25.7 Å². The largest absolute Gasteiger partial charge is 0.395 e. The Balaban J connectivity index is 2.01. The summed E-state index contributed by atoms with van der Waals surface area (Å²) in [4.78, 5) is 2.16. The molecule has 1 heterocycles. The van der Waals surface area contributed by atoms with Crippen LogP contribution in [0.2, 0.25) is 0 Å². The standard InChI is InChI=1S/C15H28N2O/c1-2-3-4-5-6-7-8-9-10-15-16-11-12-17(15)13-14-18/h7-8,11-12,15-16,18H,2-6,9-10,13-14H2,1H3/b8-7+. The molecule has 3 heteroatoms. The van der Waals surface area contributed by atoms with E-state index in [9.17, 15) is 0 Å². The highest BCUT2D eigenvalue weighted by atomic mass is 16.3. The number of β-amino-alcohol motifs (C(OH)–C–C–N with tert-alkyl or cyclic N) is 1. The molecule has 0 amide bonds. The molecule has 2 N–H and O–H groups in total. The van der Waals surface area contributed by atoms with Gasteiger partial charge in [0.15, 0.2) is 0 Å². The molecule has 0 aromatic heterocycles. The zero-order chi connectivity index (χ0) is 13.1. The van der Waals surface area contributed by atoms with Crippen LogP contribution in [0.4, 0.5) is 0 Å². The summed E-state index contributed by atoms with van der Waals surface area (Å²) in [6.45, 7) is 3.18. The number of rotatable bonds is 10. The number of unbranched alkanes of at least 4 members (excludes halogenated alkanes) is 4. The third kappa shape index (κ3) is 6.10. The van der Waals surface area contributed by atoms with E-state index in [0.717, 1.165) is 19.4 Å². The third-order valence-electron chi connectivity index (χ3n) is 3.31. The molecule has 0 radical (unpaired) electrons. The van der Waals surface area contributed by atoms with Gasteiger partial charge in [-0.25, -0.2) is 0 Å². The van der Waals surface area contributed by atoms with Gasteiger partial charge in [-0.3, -0.25) is 0 Å². The second-order valence-electron chi connectivity index (χ2n) is 4.86. The Bertz CT molecular complexity index is 251. The summed E-state index contributed by atoms with van der Waals surface area (Å²) >= 11 is 0. The first-order valence-corrected chi connectivity index (χ1v) is 7.32. The first kappa shape index (κ1) is 15.1. The van der Waals surface area contributed by atoms with Gasteiger partial charge in [-0.15, -0.1) is 0 Å². The molecule has 1 aliphatic rings. The molecule has 0 saturated carbocycles. The number of aliphatic hydroxyl groups excluding tert-OH is 1. The molecule has 0 bridgehead atoms. The predicted octanol–water partition coefficient (Wildman–Crippen LogP) is 2.99. The molecule has 104 valence electrons. The van der Waals surface area contributed by atoms with Crippen LogP contribution < -0.4 is 5.32 Å². The lowest BCUT2D eigenvalue weighted by atomic mass is 10.1. The van der Waals surface area contributed by atoms with E-state index in [2.05, 4.69) is 29.3 Å². The van der Waals surface area contributed by atoms with Crippen LogP contribution in [0.25, 0.3) is 0 Å².